The van der Waals surface area contributed by atoms with Crippen LogP contribution in [0.5, 0.6) is 11.6 Å². The van der Waals surface area contributed by atoms with Crippen molar-refractivity contribution >= 4 is 11.8 Å². The number of para-hydroxylation sites is 1. The summed E-state index contributed by atoms with van der Waals surface area (Å²) < 4.78 is 5.71. The highest BCUT2D eigenvalue weighted by molar-refractivity contribution is 5.44. The first-order valence-electron chi connectivity index (χ1n) is 5.81. The standard InChI is InChI=1S/C13H16N4O/c1-3-15-11-8-12(17-13(14)16-11)18-10-7-5-4-6-9(10)2/h4-8H,3H2,1-2H3,(H3,14,15,16,17). The lowest BCUT2D eigenvalue weighted by Gasteiger charge is -2.09. The summed E-state index contributed by atoms with van der Waals surface area (Å²) in [6, 6.07) is 9.47. The van der Waals surface area contributed by atoms with E-state index in [1.54, 1.807) is 6.07 Å². The van der Waals surface area contributed by atoms with Gasteiger partial charge in [-0.2, -0.15) is 9.97 Å². The predicted octanol–water partition coefficient (Wildman–Crippen LogP) is 2.59. The molecule has 0 aliphatic heterocycles. The van der Waals surface area contributed by atoms with Gasteiger partial charge in [-0.25, -0.2) is 0 Å². The van der Waals surface area contributed by atoms with Gasteiger partial charge in [0.1, 0.15) is 11.6 Å². The highest BCUT2D eigenvalue weighted by Gasteiger charge is 2.05. The molecule has 0 aliphatic rings. The van der Waals surface area contributed by atoms with E-state index in [-0.39, 0.29) is 5.95 Å². The number of nitrogens with two attached hydrogens (primary N) is 1. The Hall–Kier alpha value is -2.30. The molecular weight excluding hydrogens is 228 g/mol. The molecule has 0 atom stereocenters. The Morgan fingerprint density at radius 2 is 2.06 bits per heavy atom. The first kappa shape index (κ1) is 12.2. The minimum absolute atomic E-state index is 0.192. The minimum atomic E-state index is 0.192. The first-order chi connectivity index (χ1) is 8.69. The van der Waals surface area contributed by atoms with E-state index in [1.165, 1.54) is 0 Å². The highest BCUT2D eigenvalue weighted by Crippen LogP contribution is 2.24. The fraction of sp³-hybridized carbons (Fsp3) is 0.231. The zero-order valence-corrected chi connectivity index (χ0v) is 10.5. The third kappa shape index (κ3) is 2.88. The summed E-state index contributed by atoms with van der Waals surface area (Å²) >= 11 is 0. The molecule has 2 aromatic rings. The number of hydrogen-bond acceptors (Lipinski definition) is 5. The molecule has 1 aromatic carbocycles. The number of rotatable bonds is 4. The lowest BCUT2D eigenvalue weighted by atomic mass is 10.2. The second-order valence-electron chi connectivity index (χ2n) is 3.85. The summed E-state index contributed by atoms with van der Waals surface area (Å²) in [6.07, 6.45) is 0. The zero-order valence-electron chi connectivity index (χ0n) is 10.5. The van der Waals surface area contributed by atoms with Crippen molar-refractivity contribution in [2.45, 2.75) is 13.8 Å². The molecule has 5 nitrogen and oxygen atoms in total. The van der Waals surface area contributed by atoms with Crippen LogP contribution in [0, 0.1) is 6.92 Å². The maximum atomic E-state index is 5.71. The van der Waals surface area contributed by atoms with Crippen molar-refractivity contribution in [2.24, 2.45) is 0 Å². The van der Waals surface area contributed by atoms with Gasteiger partial charge in [-0.3, -0.25) is 0 Å². The van der Waals surface area contributed by atoms with Crippen LogP contribution in [0.4, 0.5) is 11.8 Å². The van der Waals surface area contributed by atoms with Gasteiger partial charge in [-0.15, -0.1) is 0 Å². The van der Waals surface area contributed by atoms with Crippen LogP contribution < -0.4 is 15.8 Å². The Bertz CT molecular complexity index is 542. The predicted molar refractivity (Wildman–Crippen MR) is 71.9 cm³/mol. The molecule has 1 aromatic heterocycles. The maximum absolute atomic E-state index is 5.71. The average Bonchev–Trinajstić information content (AvgIpc) is 2.32. The van der Waals surface area contributed by atoms with Crippen molar-refractivity contribution < 1.29 is 4.74 Å². The second kappa shape index (κ2) is 5.35. The Morgan fingerprint density at radius 3 is 2.78 bits per heavy atom. The quantitative estimate of drug-likeness (QED) is 0.864. The van der Waals surface area contributed by atoms with Crippen LogP contribution >= 0.6 is 0 Å². The number of nitrogens with one attached hydrogen (secondary N) is 1. The lowest BCUT2D eigenvalue weighted by Crippen LogP contribution is -2.04. The Labute approximate surface area is 106 Å². The summed E-state index contributed by atoms with van der Waals surface area (Å²) in [4.78, 5) is 8.12. The molecule has 3 N–H and O–H groups in total. The van der Waals surface area contributed by atoms with E-state index in [4.69, 9.17) is 10.5 Å². The van der Waals surface area contributed by atoms with E-state index >= 15 is 0 Å². The fourth-order valence-electron chi connectivity index (χ4n) is 1.55. The Balaban J connectivity index is 2.26. The number of anilines is 2. The third-order valence-corrected chi connectivity index (χ3v) is 2.39. The fourth-order valence-corrected chi connectivity index (χ4v) is 1.55. The van der Waals surface area contributed by atoms with E-state index in [9.17, 15) is 0 Å². The van der Waals surface area contributed by atoms with Gasteiger partial charge < -0.3 is 15.8 Å². The van der Waals surface area contributed by atoms with E-state index in [0.29, 0.717) is 11.7 Å². The number of nitrogen functional groups attached to an aromatic ring is 1. The summed E-state index contributed by atoms with van der Waals surface area (Å²) in [7, 11) is 0. The summed E-state index contributed by atoms with van der Waals surface area (Å²) in [6.45, 7) is 4.73. The van der Waals surface area contributed by atoms with Gasteiger partial charge >= 0.3 is 0 Å². The molecule has 1 heterocycles. The summed E-state index contributed by atoms with van der Waals surface area (Å²) in [5.74, 6) is 2.05. The van der Waals surface area contributed by atoms with Crippen LogP contribution in [0.25, 0.3) is 0 Å². The van der Waals surface area contributed by atoms with Crippen LogP contribution in [0.15, 0.2) is 30.3 Å². The SMILES string of the molecule is CCNc1cc(Oc2ccccc2C)nc(N)n1. The third-order valence-electron chi connectivity index (χ3n) is 2.39. The van der Waals surface area contributed by atoms with Crippen LogP contribution in [-0.4, -0.2) is 16.5 Å². The van der Waals surface area contributed by atoms with Crippen molar-refractivity contribution in [3.8, 4) is 11.6 Å². The van der Waals surface area contributed by atoms with Crippen molar-refractivity contribution in [1.29, 1.82) is 0 Å². The number of nitrogens with zero attached hydrogens (tertiary/aromatic N) is 2. The van der Waals surface area contributed by atoms with Crippen molar-refractivity contribution in [2.75, 3.05) is 17.6 Å². The zero-order chi connectivity index (χ0) is 13.0. The second-order valence-corrected chi connectivity index (χ2v) is 3.85. The molecule has 0 fully saturated rings. The molecule has 0 unspecified atom stereocenters. The van der Waals surface area contributed by atoms with Crippen LogP contribution in [0.1, 0.15) is 12.5 Å². The van der Waals surface area contributed by atoms with Crippen molar-refractivity contribution in [3.63, 3.8) is 0 Å². The van der Waals surface area contributed by atoms with Gasteiger partial charge in [0.15, 0.2) is 0 Å². The van der Waals surface area contributed by atoms with Crippen LogP contribution in [0.2, 0.25) is 0 Å². The number of aryl methyl sites for hydroxylation is 1. The van der Waals surface area contributed by atoms with Crippen LogP contribution in [-0.2, 0) is 0 Å². The largest absolute Gasteiger partial charge is 0.439 e. The van der Waals surface area contributed by atoms with Gasteiger partial charge in [0.25, 0.3) is 0 Å². The first-order valence-corrected chi connectivity index (χ1v) is 5.81. The molecule has 0 spiro atoms. The molecule has 0 radical (unpaired) electrons. The maximum Gasteiger partial charge on any atom is 0.226 e. The number of ether oxygens (including phenoxy) is 1. The van der Waals surface area contributed by atoms with Gasteiger partial charge in [-0.05, 0) is 25.5 Å². The molecule has 18 heavy (non-hydrogen) atoms. The number of benzene rings is 1. The van der Waals surface area contributed by atoms with Crippen LogP contribution in [0.3, 0.4) is 0 Å². The Kier molecular flexibility index (Phi) is 3.62. The van der Waals surface area contributed by atoms with E-state index < -0.39 is 0 Å². The molecule has 5 heteroatoms. The minimum Gasteiger partial charge on any atom is -0.439 e. The molecule has 0 aliphatic carbocycles. The molecule has 0 amide bonds. The number of aromatic nitrogens is 2. The van der Waals surface area contributed by atoms with Crippen molar-refractivity contribution in [1.82, 2.24) is 9.97 Å². The molecule has 0 bridgehead atoms. The average molecular weight is 244 g/mol. The topological polar surface area (TPSA) is 73.1 Å². The summed E-state index contributed by atoms with van der Waals surface area (Å²) in [5.41, 5.74) is 6.68. The molecule has 2 rings (SSSR count). The molecular formula is C13H16N4O. The van der Waals surface area contributed by atoms with Gasteiger partial charge in [0.05, 0.1) is 0 Å². The lowest BCUT2D eigenvalue weighted by molar-refractivity contribution is 0.459. The van der Waals surface area contributed by atoms with Gasteiger partial charge in [0.2, 0.25) is 11.8 Å². The van der Waals surface area contributed by atoms with Gasteiger partial charge in [-0.1, -0.05) is 18.2 Å². The smallest absolute Gasteiger partial charge is 0.226 e. The molecule has 94 valence electrons. The van der Waals surface area contributed by atoms with Crippen molar-refractivity contribution in [3.05, 3.63) is 35.9 Å². The summed E-state index contributed by atoms with van der Waals surface area (Å²) in [5, 5.41) is 3.08. The monoisotopic (exact) mass is 244 g/mol. The van der Waals surface area contributed by atoms with Gasteiger partial charge in [0, 0.05) is 12.6 Å². The number of hydrogen-bond donors (Lipinski definition) is 2. The van der Waals surface area contributed by atoms with E-state index in [2.05, 4.69) is 15.3 Å². The van der Waals surface area contributed by atoms with E-state index in [0.717, 1.165) is 17.9 Å². The Morgan fingerprint density at radius 1 is 1.28 bits per heavy atom. The molecule has 0 saturated heterocycles. The van der Waals surface area contributed by atoms with E-state index in [1.807, 2.05) is 38.1 Å². The highest BCUT2D eigenvalue weighted by atomic mass is 16.5. The molecule has 0 saturated carbocycles. The normalized spacial score (nSPS) is 10.1.